The Morgan fingerprint density at radius 1 is 1.11 bits per heavy atom. The minimum Gasteiger partial charge on any atom is -0.303 e. The number of thiophene rings is 2. The van der Waals surface area contributed by atoms with E-state index in [1.165, 1.54) is 9.75 Å². The molecule has 0 aliphatic rings. The molecule has 2 aromatic rings. The van der Waals surface area contributed by atoms with Gasteiger partial charge in [-0.3, -0.25) is 0 Å². The van der Waals surface area contributed by atoms with Gasteiger partial charge < -0.3 is 10.2 Å². The fraction of sp³-hybridized carbons (Fsp3) is 0.467. The van der Waals surface area contributed by atoms with Crippen molar-refractivity contribution >= 4 is 22.7 Å². The SMILES string of the molecule is CN(C)C(C)(C)CNC(c1cccs1)c1cccs1. The smallest absolute Gasteiger partial charge is 0.0765 e. The second-order valence-electron chi connectivity index (χ2n) is 5.55. The molecule has 0 bridgehead atoms. The van der Waals surface area contributed by atoms with Crippen LogP contribution in [0.3, 0.4) is 0 Å². The van der Waals surface area contributed by atoms with Crippen LogP contribution in [0, 0.1) is 0 Å². The molecule has 0 unspecified atom stereocenters. The number of nitrogens with zero attached hydrogens (tertiary/aromatic N) is 1. The normalized spacial score (nSPS) is 12.5. The maximum atomic E-state index is 3.73. The van der Waals surface area contributed by atoms with Gasteiger partial charge in [0.05, 0.1) is 6.04 Å². The lowest BCUT2D eigenvalue weighted by Crippen LogP contribution is -2.47. The van der Waals surface area contributed by atoms with Crippen molar-refractivity contribution < 1.29 is 0 Å². The molecule has 0 aliphatic heterocycles. The molecule has 0 saturated heterocycles. The minimum atomic E-state index is 0.146. The van der Waals surface area contributed by atoms with E-state index >= 15 is 0 Å². The molecule has 4 heteroatoms. The zero-order valence-electron chi connectivity index (χ0n) is 12.0. The summed E-state index contributed by atoms with van der Waals surface area (Å²) in [6.07, 6.45) is 0. The molecule has 0 amide bonds. The van der Waals surface area contributed by atoms with Gasteiger partial charge in [0.1, 0.15) is 0 Å². The van der Waals surface area contributed by atoms with E-state index in [4.69, 9.17) is 0 Å². The van der Waals surface area contributed by atoms with Crippen molar-refractivity contribution in [2.45, 2.75) is 25.4 Å². The van der Waals surface area contributed by atoms with Gasteiger partial charge in [-0.05, 0) is 50.8 Å². The van der Waals surface area contributed by atoms with Crippen LogP contribution in [0.1, 0.15) is 29.6 Å². The van der Waals surface area contributed by atoms with E-state index in [1.807, 2.05) is 22.7 Å². The van der Waals surface area contributed by atoms with Gasteiger partial charge in [-0.15, -0.1) is 22.7 Å². The summed E-state index contributed by atoms with van der Waals surface area (Å²) in [5.41, 5.74) is 0.146. The fourth-order valence-electron chi connectivity index (χ4n) is 1.76. The van der Waals surface area contributed by atoms with Crippen LogP contribution in [0.5, 0.6) is 0 Å². The average molecular weight is 294 g/mol. The molecule has 2 nitrogen and oxygen atoms in total. The molecule has 104 valence electrons. The van der Waals surface area contributed by atoms with Crippen molar-refractivity contribution in [2.75, 3.05) is 20.6 Å². The summed E-state index contributed by atoms with van der Waals surface area (Å²) >= 11 is 3.64. The quantitative estimate of drug-likeness (QED) is 0.871. The van der Waals surface area contributed by atoms with E-state index in [0.29, 0.717) is 6.04 Å². The third kappa shape index (κ3) is 3.66. The molecule has 0 atom stereocenters. The first-order chi connectivity index (χ1) is 9.00. The van der Waals surface area contributed by atoms with Gasteiger partial charge in [-0.2, -0.15) is 0 Å². The van der Waals surface area contributed by atoms with Crippen LogP contribution < -0.4 is 5.32 Å². The summed E-state index contributed by atoms with van der Waals surface area (Å²) in [4.78, 5) is 5.04. The first-order valence-corrected chi connectivity index (χ1v) is 8.24. The van der Waals surface area contributed by atoms with Gasteiger partial charge >= 0.3 is 0 Å². The molecule has 0 saturated carbocycles. The van der Waals surface area contributed by atoms with E-state index < -0.39 is 0 Å². The second-order valence-corrected chi connectivity index (χ2v) is 7.51. The summed E-state index contributed by atoms with van der Waals surface area (Å²) in [6, 6.07) is 8.99. The van der Waals surface area contributed by atoms with Crippen LogP contribution in [-0.4, -0.2) is 31.1 Å². The van der Waals surface area contributed by atoms with Gasteiger partial charge in [0, 0.05) is 21.8 Å². The Bertz CT molecular complexity index is 438. The van der Waals surface area contributed by atoms with Gasteiger partial charge in [0.2, 0.25) is 0 Å². The molecule has 0 spiro atoms. The zero-order chi connectivity index (χ0) is 13.9. The van der Waals surface area contributed by atoms with Gasteiger partial charge in [-0.1, -0.05) is 12.1 Å². The zero-order valence-corrected chi connectivity index (χ0v) is 13.6. The van der Waals surface area contributed by atoms with Crippen LogP contribution in [0.4, 0.5) is 0 Å². The lowest BCUT2D eigenvalue weighted by Gasteiger charge is -2.34. The summed E-state index contributed by atoms with van der Waals surface area (Å²) in [5.74, 6) is 0. The van der Waals surface area contributed by atoms with E-state index in [-0.39, 0.29) is 5.54 Å². The standard InChI is InChI=1S/C15H22N2S2/c1-15(2,17(3)4)11-16-14(12-7-5-9-18-12)13-8-6-10-19-13/h5-10,14,16H,11H2,1-4H3. The first kappa shape index (κ1) is 14.7. The Labute approximate surface area is 124 Å². The largest absolute Gasteiger partial charge is 0.303 e. The Morgan fingerprint density at radius 3 is 2.00 bits per heavy atom. The van der Waals surface area contributed by atoms with Crippen molar-refractivity contribution in [1.29, 1.82) is 0 Å². The van der Waals surface area contributed by atoms with E-state index in [9.17, 15) is 0 Å². The van der Waals surface area contributed by atoms with Crippen molar-refractivity contribution in [1.82, 2.24) is 10.2 Å². The molecule has 2 rings (SSSR count). The molecule has 0 radical (unpaired) electrons. The topological polar surface area (TPSA) is 15.3 Å². The third-order valence-corrected chi connectivity index (χ3v) is 5.48. The molecular weight excluding hydrogens is 272 g/mol. The predicted octanol–water partition coefficient (Wildman–Crippen LogP) is 3.83. The molecule has 0 fully saturated rings. The average Bonchev–Trinajstić information content (AvgIpc) is 3.00. The number of likely N-dealkylation sites (N-methyl/N-ethyl adjacent to an activating group) is 1. The molecule has 2 aromatic heterocycles. The summed E-state index contributed by atoms with van der Waals surface area (Å²) in [7, 11) is 4.26. The van der Waals surface area contributed by atoms with Gasteiger partial charge in [0.15, 0.2) is 0 Å². The van der Waals surface area contributed by atoms with Crippen LogP contribution in [-0.2, 0) is 0 Å². The number of nitrogens with one attached hydrogen (secondary N) is 1. The van der Waals surface area contributed by atoms with Crippen molar-refractivity contribution in [3.63, 3.8) is 0 Å². The summed E-state index contributed by atoms with van der Waals surface area (Å²) in [5, 5.41) is 8.02. The highest BCUT2D eigenvalue weighted by Crippen LogP contribution is 2.29. The van der Waals surface area contributed by atoms with Crippen LogP contribution in [0.2, 0.25) is 0 Å². The Kier molecular flexibility index (Phi) is 4.79. The van der Waals surface area contributed by atoms with E-state index in [2.05, 4.69) is 73.2 Å². The molecule has 1 N–H and O–H groups in total. The van der Waals surface area contributed by atoms with Crippen molar-refractivity contribution in [3.05, 3.63) is 44.8 Å². The molecule has 19 heavy (non-hydrogen) atoms. The summed E-state index contributed by atoms with van der Waals surface area (Å²) < 4.78 is 0. The van der Waals surface area contributed by atoms with Crippen molar-refractivity contribution in [2.24, 2.45) is 0 Å². The Balaban J connectivity index is 2.12. The second kappa shape index (κ2) is 6.18. The highest BCUT2D eigenvalue weighted by Gasteiger charge is 2.23. The maximum absolute atomic E-state index is 3.73. The lowest BCUT2D eigenvalue weighted by atomic mass is 10.0. The number of hydrogen-bond acceptors (Lipinski definition) is 4. The Morgan fingerprint density at radius 2 is 1.63 bits per heavy atom. The van der Waals surface area contributed by atoms with Crippen molar-refractivity contribution in [3.8, 4) is 0 Å². The van der Waals surface area contributed by atoms with Crippen LogP contribution in [0.15, 0.2) is 35.0 Å². The lowest BCUT2D eigenvalue weighted by molar-refractivity contribution is 0.187. The Hall–Kier alpha value is -0.680. The molecule has 0 aromatic carbocycles. The molecule has 2 heterocycles. The van der Waals surface area contributed by atoms with Gasteiger partial charge in [0.25, 0.3) is 0 Å². The predicted molar refractivity (Wildman–Crippen MR) is 86.2 cm³/mol. The van der Waals surface area contributed by atoms with Crippen LogP contribution in [0.25, 0.3) is 0 Å². The highest BCUT2D eigenvalue weighted by molar-refractivity contribution is 7.11. The van der Waals surface area contributed by atoms with Crippen LogP contribution >= 0.6 is 22.7 Å². The first-order valence-electron chi connectivity index (χ1n) is 6.48. The number of rotatable bonds is 6. The number of hydrogen-bond donors (Lipinski definition) is 1. The third-order valence-electron chi connectivity index (χ3n) is 3.60. The fourth-order valence-corrected chi connectivity index (χ4v) is 3.47. The highest BCUT2D eigenvalue weighted by atomic mass is 32.1. The monoisotopic (exact) mass is 294 g/mol. The van der Waals surface area contributed by atoms with E-state index in [0.717, 1.165) is 6.54 Å². The molecule has 0 aliphatic carbocycles. The molecular formula is C15H22N2S2. The maximum Gasteiger partial charge on any atom is 0.0765 e. The van der Waals surface area contributed by atoms with E-state index in [1.54, 1.807) is 0 Å². The summed E-state index contributed by atoms with van der Waals surface area (Å²) in [6.45, 7) is 5.49. The van der Waals surface area contributed by atoms with Gasteiger partial charge in [-0.25, -0.2) is 0 Å². The minimum absolute atomic E-state index is 0.146.